The molecule has 4 rings (SSSR count). The van der Waals surface area contributed by atoms with E-state index in [0.29, 0.717) is 29.5 Å². The highest BCUT2D eigenvalue weighted by molar-refractivity contribution is 5.98. The second-order valence-electron chi connectivity index (χ2n) is 8.64. The van der Waals surface area contributed by atoms with E-state index in [9.17, 15) is 14.0 Å². The van der Waals surface area contributed by atoms with E-state index in [0.717, 1.165) is 24.8 Å². The predicted molar refractivity (Wildman–Crippen MR) is 113 cm³/mol. The molecule has 2 bridgehead atoms. The molecule has 2 fully saturated rings. The second-order valence-corrected chi connectivity index (χ2v) is 8.64. The van der Waals surface area contributed by atoms with Gasteiger partial charge < -0.3 is 9.64 Å². The van der Waals surface area contributed by atoms with Gasteiger partial charge in [0, 0.05) is 23.6 Å². The molecule has 30 heavy (non-hydrogen) atoms. The Hall–Kier alpha value is -2.69. The first-order valence-corrected chi connectivity index (χ1v) is 10.7. The summed E-state index contributed by atoms with van der Waals surface area (Å²) in [6, 6.07) is 13.0. The van der Waals surface area contributed by atoms with Crippen LogP contribution in [0.3, 0.4) is 0 Å². The number of Topliss-reactive ketones (excluding diaryl/α,β-unsaturated/α-hetero) is 1. The molecule has 2 aromatic carbocycles. The van der Waals surface area contributed by atoms with Crippen molar-refractivity contribution in [3.8, 4) is 0 Å². The Bertz CT molecular complexity index is 906. The lowest BCUT2D eigenvalue weighted by Crippen LogP contribution is -2.55. The fraction of sp³-hybridized carbons (Fsp3) is 0.440. The van der Waals surface area contributed by atoms with Gasteiger partial charge in [0.1, 0.15) is 12.4 Å². The van der Waals surface area contributed by atoms with Crippen LogP contribution in [0.2, 0.25) is 0 Å². The number of rotatable bonds is 4. The Balaban J connectivity index is 1.45. The van der Waals surface area contributed by atoms with Gasteiger partial charge in [-0.25, -0.2) is 9.18 Å². The highest BCUT2D eigenvalue weighted by Crippen LogP contribution is 2.39. The molecule has 0 spiro atoms. The van der Waals surface area contributed by atoms with E-state index in [1.165, 1.54) is 0 Å². The molecule has 2 saturated heterocycles. The second kappa shape index (κ2) is 8.58. The fourth-order valence-electron chi connectivity index (χ4n) is 5.01. The van der Waals surface area contributed by atoms with Crippen LogP contribution < -0.4 is 0 Å². The van der Waals surface area contributed by atoms with E-state index >= 15 is 0 Å². The third kappa shape index (κ3) is 4.11. The highest BCUT2D eigenvalue weighted by Gasteiger charge is 2.43. The van der Waals surface area contributed by atoms with Crippen LogP contribution in [0.1, 0.15) is 59.2 Å². The lowest BCUT2D eigenvalue weighted by Gasteiger charge is -2.47. The summed E-state index contributed by atoms with van der Waals surface area (Å²) in [5.41, 5.74) is 2.54. The average molecular weight is 410 g/mol. The van der Waals surface area contributed by atoms with Crippen LogP contribution in [0, 0.1) is 25.6 Å². The Morgan fingerprint density at radius 3 is 2.23 bits per heavy atom. The van der Waals surface area contributed by atoms with Crippen molar-refractivity contribution < 1.29 is 18.7 Å². The molecule has 2 aromatic rings. The minimum atomic E-state index is -0.284. The number of piperidine rings is 2. The van der Waals surface area contributed by atoms with Crippen LogP contribution in [-0.2, 0) is 11.3 Å². The smallest absolute Gasteiger partial charge is 0.410 e. The van der Waals surface area contributed by atoms with Gasteiger partial charge in [-0.3, -0.25) is 4.79 Å². The van der Waals surface area contributed by atoms with Gasteiger partial charge in [0.05, 0.1) is 0 Å². The SMILES string of the molecule is Cc1cc(C(=O)C2CC3CCCC(C2)N3C(=O)OCc2ccccc2)cc(C)c1F. The summed E-state index contributed by atoms with van der Waals surface area (Å²) in [5, 5.41) is 0. The number of aryl methyl sites for hydroxylation is 2. The Labute approximate surface area is 177 Å². The molecule has 2 heterocycles. The van der Waals surface area contributed by atoms with Crippen molar-refractivity contribution >= 4 is 11.9 Å². The summed E-state index contributed by atoms with van der Waals surface area (Å²) >= 11 is 0. The Kier molecular flexibility index (Phi) is 5.89. The molecule has 2 aliphatic heterocycles. The molecule has 2 unspecified atom stereocenters. The van der Waals surface area contributed by atoms with Crippen molar-refractivity contribution in [1.29, 1.82) is 0 Å². The minimum Gasteiger partial charge on any atom is -0.445 e. The largest absolute Gasteiger partial charge is 0.445 e. The first kappa shape index (κ1) is 20.6. The number of carbonyl (C=O) groups excluding carboxylic acids is 2. The number of halogens is 1. The maximum absolute atomic E-state index is 14.0. The van der Waals surface area contributed by atoms with Gasteiger partial charge in [0.2, 0.25) is 0 Å². The minimum absolute atomic E-state index is 0.0253. The van der Waals surface area contributed by atoms with E-state index in [4.69, 9.17) is 4.74 Å². The van der Waals surface area contributed by atoms with Crippen LogP contribution in [0.5, 0.6) is 0 Å². The molecule has 2 aliphatic rings. The van der Waals surface area contributed by atoms with Gasteiger partial charge in [-0.15, -0.1) is 0 Å². The van der Waals surface area contributed by atoms with Gasteiger partial charge in [0.25, 0.3) is 0 Å². The molecule has 0 radical (unpaired) electrons. The molecule has 0 aromatic heterocycles. The number of hydrogen-bond donors (Lipinski definition) is 0. The number of benzene rings is 2. The molecule has 2 atom stereocenters. The Morgan fingerprint density at radius 2 is 1.63 bits per heavy atom. The third-order valence-corrected chi connectivity index (χ3v) is 6.48. The van der Waals surface area contributed by atoms with E-state index in [2.05, 4.69) is 0 Å². The number of amides is 1. The average Bonchev–Trinajstić information content (AvgIpc) is 2.74. The Morgan fingerprint density at radius 1 is 1.03 bits per heavy atom. The van der Waals surface area contributed by atoms with Gasteiger partial charge in [-0.1, -0.05) is 30.3 Å². The zero-order valence-corrected chi connectivity index (χ0v) is 17.6. The molecular weight excluding hydrogens is 381 g/mol. The first-order chi connectivity index (χ1) is 14.4. The summed E-state index contributed by atoms with van der Waals surface area (Å²) in [7, 11) is 0. The molecule has 1 amide bonds. The topological polar surface area (TPSA) is 46.6 Å². The molecule has 4 nitrogen and oxygen atoms in total. The number of nitrogens with zero attached hydrogens (tertiary/aromatic N) is 1. The lowest BCUT2D eigenvalue weighted by molar-refractivity contribution is 0.00472. The van der Waals surface area contributed by atoms with Crippen molar-refractivity contribution in [1.82, 2.24) is 4.90 Å². The van der Waals surface area contributed by atoms with E-state index in [1.54, 1.807) is 26.0 Å². The van der Waals surface area contributed by atoms with Crippen molar-refractivity contribution in [2.24, 2.45) is 5.92 Å². The van der Waals surface area contributed by atoms with E-state index in [-0.39, 0.29) is 42.3 Å². The molecule has 0 saturated carbocycles. The standard InChI is InChI=1S/C25H28FNO3/c1-16-11-19(12-17(2)23(16)26)24(28)20-13-21-9-6-10-22(14-20)27(21)25(29)30-15-18-7-4-3-5-8-18/h3-5,7-8,11-12,20-22H,6,9-10,13-15H2,1-2H3. The van der Waals surface area contributed by atoms with Gasteiger partial charge in [0.15, 0.2) is 5.78 Å². The van der Waals surface area contributed by atoms with Crippen molar-refractivity contribution in [2.75, 3.05) is 0 Å². The van der Waals surface area contributed by atoms with Gasteiger partial charge in [-0.2, -0.15) is 0 Å². The van der Waals surface area contributed by atoms with Gasteiger partial charge in [-0.05, 0) is 74.8 Å². The zero-order chi connectivity index (χ0) is 21.3. The van der Waals surface area contributed by atoms with Crippen LogP contribution in [0.4, 0.5) is 9.18 Å². The van der Waals surface area contributed by atoms with Crippen LogP contribution in [0.25, 0.3) is 0 Å². The van der Waals surface area contributed by atoms with Crippen LogP contribution in [-0.4, -0.2) is 28.9 Å². The number of ketones is 1. The molecule has 0 aliphatic carbocycles. The summed E-state index contributed by atoms with van der Waals surface area (Å²) < 4.78 is 19.6. The fourth-order valence-corrected chi connectivity index (χ4v) is 5.01. The van der Waals surface area contributed by atoms with E-state index in [1.807, 2.05) is 35.2 Å². The lowest BCUT2D eigenvalue weighted by atomic mass is 9.75. The number of ether oxygens (including phenoxy) is 1. The summed E-state index contributed by atoms with van der Waals surface area (Å²) in [6.45, 7) is 3.64. The normalized spacial score (nSPS) is 23.2. The number of fused-ring (bicyclic) bond motifs is 2. The summed E-state index contributed by atoms with van der Waals surface area (Å²) in [4.78, 5) is 27.9. The van der Waals surface area contributed by atoms with Crippen molar-refractivity contribution in [3.05, 3.63) is 70.5 Å². The van der Waals surface area contributed by atoms with Gasteiger partial charge >= 0.3 is 6.09 Å². The molecular formula is C25H28FNO3. The zero-order valence-electron chi connectivity index (χ0n) is 17.6. The maximum Gasteiger partial charge on any atom is 0.410 e. The van der Waals surface area contributed by atoms with Crippen molar-refractivity contribution in [2.45, 2.75) is 64.6 Å². The quantitative estimate of drug-likeness (QED) is 0.618. The molecule has 0 N–H and O–H groups in total. The molecule has 158 valence electrons. The summed E-state index contributed by atoms with van der Waals surface area (Å²) in [5.74, 6) is -0.322. The summed E-state index contributed by atoms with van der Waals surface area (Å²) in [6.07, 6.45) is 3.85. The number of carbonyl (C=O) groups is 2. The monoisotopic (exact) mass is 409 g/mol. The first-order valence-electron chi connectivity index (χ1n) is 10.7. The third-order valence-electron chi connectivity index (χ3n) is 6.48. The maximum atomic E-state index is 14.0. The van der Waals surface area contributed by atoms with Crippen molar-refractivity contribution in [3.63, 3.8) is 0 Å². The van der Waals surface area contributed by atoms with Crippen LogP contribution in [0.15, 0.2) is 42.5 Å². The van der Waals surface area contributed by atoms with Crippen LogP contribution >= 0.6 is 0 Å². The predicted octanol–water partition coefficient (Wildman–Crippen LogP) is 5.60. The molecule has 5 heteroatoms. The number of hydrogen-bond acceptors (Lipinski definition) is 3. The highest BCUT2D eigenvalue weighted by atomic mass is 19.1. The van der Waals surface area contributed by atoms with E-state index < -0.39 is 0 Å².